The molecule has 1 fully saturated rings. The fraction of sp³-hybridized carbons (Fsp3) is 0.923. The van der Waals surface area contributed by atoms with E-state index in [1.54, 1.807) is 0 Å². The minimum Gasteiger partial charge on any atom is -0.340 e. The van der Waals surface area contributed by atoms with Crippen LogP contribution in [0.5, 0.6) is 0 Å². The molecule has 1 aliphatic rings. The van der Waals surface area contributed by atoms with Crippen LogP contribution < -0.4 is 5.32 Å². The summed E-state index contributed by atoms with van der Waals surface area (Å²) in [6, 6.07) is 0. The molecule has 0 radical (unpaired) electrons. The molecule has 0 aromatic carbocycles. The maximum Gasteiger partial charge on any atom is 0.225 e. The maximum atomic E-state index is 12.3. The highest BCUT2D eigenvalue weighted by Gasteiger charge is 2.23. The van der Waals surface area contributed by atoms with Crippen molar-refractivity contribution in [2.75, 3.05) is 26.2 Å². The van der Waals surface area contributed by atoms with Crippen molar-refractivity contribution in [1.29, 1.82) is 0 Å². The smallest absolute Gasteiger partial charge is 0.225 e. The number of nitrogens with zero attached hydrogens (tertiary/aromatic N) is 1. The Balaban J connectivity index is 2.44. The molecule has 1 saturated heterocycles. The molecule has 3 heteroatoms. The molecular weight excluding hydrogens is 200 g/mol. The normalized spacial score (nSPS) is 18.5. The van der Waals surface area contributed by atoms with Gasteiger partial charge in [-0.15, -0.1) is 0 Å². The highest BCUT2D eigenvalue weighted by atomic mass is 16.2. The number of nitrogens with one attached hydrogen (secondary N) is 1. The summed E-state index contributed by atoms with van der Waals surface area (Å²) >= 11 is 0. The Kier molecular flexibility index (Phi) is 6.46. The minimum atomic E-state index is 0.281. The number of piperazine rings is 1. The van der Waals surface area contributed by atoms with Gasteiger partial charge in [0.15, 0.2) is 0 Å². The van der Waals surface area contributed by atoms with Crippen LogP contribution in [-0.2, 0) is 4.79 Å². The summed E-state index contributed by atoms with van der Waals surface area (Å²) in [5.74, 6) is 0.680. The molecule has 0 spiro atoms. The molecule has 0 saturated carbocycles. The molecule has 0 bridgehead atoms. The molecular formula is C13H26N2O. The Morgan fingerprint density at radius 3 is 2.44 bits per heavy atom. The van der Waals surface area contributed by atoms with Crippen LogP contribution in [0.1, 0.15) is 46.0 Å². The first kappa shape index (κ1) is 13.5. The van der Waals surface area contributed by atoms with Crippen LogP contribution in [0.15, 0.2) is 0 Å². The summed E-state index contributed by atoms with van der Waals surface area (Å²) in [6.07, 6.45) is 5.62. The monoisotopic (exact) mass is 226 g/mol. The Hall–Kier alpha value is -0.570. The summed E-state index contributed by atoms with van der Waals surface area (Å²) < 4.78 is 0. The Bertz CT molecular complexity index is 200. The number of rotatable bonds is 6. The zero-order chi connectivity index (χ0) is 11.8. The van der Waals surface area contributed by atoms with E-state index in [2.05, 4.69) is 19.2 Å². The lowest BCUT2D eigenvalue weighted by Gasteiger charge is -2.31. The van der Waals surface area contributed by atoms with Crippen molar-refractivity contribution in [3.8, 4) is 0 Å². The number of carbonyl (C=O) groups excluding carboxylic acids is 1. The molecule has 1 N–H and O–H groups in total. The third kappa shape index (κ3) is 4.12. The lowest BCUT2D eigenvalue weighted by molar-refractivity contribution is -0.136. The molecule has 0 aromatic heterocycles. The molecule has 1 unspecified atom stereocenters. The third-order valence-electron chi connectivity index (χ3n) is 3.32. The second-order valence-electron chi connectivity index (χ2n) is 4.70. The van der Waals surface area contributed by atoms with Gasteiger partial charge >= 0.3 is 0 Å². The molecule has 16 heavy (non-hydrogen) atoms. The molecule has 0 aromatic rings. The molecule has 1 heterocycles. The van der Waals surface area contributed by atoms with E-state index < -0.39 is 0 Å². The quantitative estimate of drug-likeness (QED) is 0.751. The van der Waals surface area contributed by atoms with Gasteiger partial charge < -0.3 is 10.2 Å². The first-order valence-electron chi connectivity index (χ1n) is 6.79. The van der Waals surface area contributed by atoms with Crippen molar-refractivity contribution in [3.05, 3.63) is 0 Å². The zero-order valence-electron chi connectivity index (χ0n) is 10.8. The SMILES string of the molecule is CCCCC(CCC)C(=O)N1CCNCC1. The average molecular weight is 226 g/mol. The first-order chi connectivity index (χ1) is 7.79. The standard InChI is InChI=1S/C13H26N2O/c1-3-5-7-12(6-4-2)13(16)15-10-8-14-9-11-15/h12,14H,3-11H2,1-2H3. The van der Waals surface area contributed by atoms with E-state index >= 15 is 0 Å². The van der Waals surface area contributed by atoms with E-state index in [0.29, 0.717) is 5.91 Å². The maximum absolute atomic E-state index is 12.3. The molecule has 94 valence electrons. The van der Waals surface area contributed by atoms with Crippen LogP contribution in [0.25, 0.3) is 0 Å². The lowest BCUT2D eigenvalue weighted by Crippen LogP contribution is -2.48. The molecule has 1 aliphatic heterocycles. The first-order valence-corrected chi connectivity index (χ1v) is 6.79. The van der Waals surface area contributed by atoms with E-state index in [9.17, 15) is 4.79 Å². The highest BCUT2D eigenvalue weighted by Crippen LogP contribution is 2.18. The van der Waals surface area contributed by atoms with Gasteiger partial charge in [0, 0.05) is 32.1 Å². The van der Waals surface area contributed by atoms with Crippen molar-refractivity contribution in [3.63, 3.8) is 0 Å². The van der Waals surface area contributed by atoms with Crippen LogP contribution >= 0.6 is 0 Å². The van der Waals surface area contributed by atoms with Gasteiger partial charge in [0.05, 0.1) is 0 Å². The second kappa shape index (κ2) is 7.66. The summed E-state index contributed by atoms with van der Waals surface area (Å²) in [5, 5.41) is 3.29. The average Bonchev–Trinajstić information content (AvgIpc) is 2.35. The number of unbranched alkanes of at least 4 members (excludes halogenated alkanes) is 1. The van der Waals surface area contributed by atoms with Gasteiger partial charge in [0.2, 0.25) is 5.91 Å². The molecule has 1 atom stereocenters. The van der Waals surface area contributed by atoms with E-state index in [1.807, 2.05) is 4.90 Å². The summed E-state index contributed by atoms with van der Waals surface area (Å²) in [7, 11) is 0. The second-order valence-corrected chi connectivity index (χ2v) is 4.70. The highest BCUT2D eigenvalue weighted by molar-refractivity contribution is 5.78. The predicted octanol–water partition coefficient (Wildman–Crippen LogP) is 2.02. The Morgan fingerprint density at radius 1 is 1.19 bits per heavy atom. The van der Waals surface area contributed by atoms with E-state index in [4.69, 9.17) is 0 Å². The van der Waals surface area contributed by atoms with Gasteiger partial charge in [-0.2, -0.15) is 0 Å². The van der Waals surface area contributed by atoms with Gasteiger partial charge in [-0.1, -0.05) is 33.1 Å². The fourth-order valence-electron chi connectivity index (χ4n) is 2.33. The summed E-state index contributed by atoms with van der Waals surface area (Å²) in [5.41, 5.74) is 0. The van der Waals surface area contributed by atoms with Gasteiger partial charge in [0.25, 0.3) is 0 Å². The van der Waals surface area contributed by atoms with Gasteiger partial charge in [-0.05, 0) is 12.8 Å². The van der Waals surface area contributed by atoms with Crippen molar-refractivity contribution < 1.29 is 4.79 Å². The van der Waals surface area contributed by atoms with Crippen LogP contribution in [0.2, 0.25) is 0 Å². The molecule has 1 amide bonds. The van der Waals surface area contributed by atoms with Crippen molar-refractivity contribution in [2.24, 2.45) is 5.92 Å². The lowest BCUT2D eigenvalue weighted by atomic mass is 9.95. The predicted molar refractivity (Wildman–Crippen MR) is 67.4 cm³/mol. The number of hydrogen-bond donors (Lipinski definition) is 1. The van der Waals surface area contributed by atoms with Gasteiger partial charge in [0.1, 0.15) is 0 Å². The van der Waals surface area contributed by atoms with Gasteiger partial charge in [-0.25, -0.2) is 0 Å². The molecule has 0 aliphatic carbocycles. The number of amides is 1. The van der Waals surface area contributed by atoms with E-state index in [-0.39, 0.29) is 5.92 Å². The van der Waals surface area contributed by atoms with Crippen LogP contribution in [0.3, 0.4) is 0 Å². The van der Waals surface area contributed by atoms with E-state index in [0.717, 1.165) is 45.4 Å². The van der Waals surface area contributed by atoms with Crippen LogP contribution in [-0.4, -0.2) is 37.0 Å². The van der Waals surface area contributed by atoms with Crippen LogP contribution in [0.4, 0.5) is 0 Å². The number of carbonyl (C=O) groups is 1. The molecule has 3 nitrogen and oxygen atoms in total. The fourth-order valence-corrected chi connectivity index (χ4v) is 2.33. The molecule has 1 rings (SSSR count). The Morgan fingerprint density at radius 2 is 1.88 bits per heavy atom. The van der Waals surface area contributed by atoms with Gasteiger partial charge in [-0.3, -0.25) is 4.79 Å². The summed E-state index contributed by atoms with van der Waals surface area (Å²) in [4.78, 5) is 14.3. The topological polar surface area (TPSA) is 32.3 Å². The minimum absolute atomic E-state index is 0.281. The third-order valence-corrected chi connectivity index (χ3v) is 3.32. The van der Waals surface area contributed by atoms with E-state index in [1.165, 1.54) is 12.8 Å². The van der Waals surface area contributed by atoms with Crippen molar-refractivity contribution in [2.45, 2.75) is 46.0 Å². The Labute approximate surface area is 99.6 Å². The zero-order valence-corrected chi connectivity index (χ0v) is 10.8. The van der Waals surface area contributed by atoms with Crippen molar-refractivity contribution >= 4 is 5.91 Å². The van der Waals surface area contributed by atoms with Crippen molar-refractivity contribution in [1.82, 2.24) is 10.2 Å². The largest absolute Gasteiger partial charge is 0.340 e. The van der Waals surface area contributed by atoms with Crippen LogP contribution in [0, 0.1) is 5.92 Å². The number of hydrogen-bond acceptors (Lipinski definition) is 2. The summed E-state index contributed by atoms with van der Waals surface area (Å²) in [6.45, 7) is 8.06.